The van der Waals surface area contributed by atoms with Gasteiger partial charge in [-0.3, -0.25) is 9.52 Å². The smallest absolute Gasteiger partial charge is 0.307 e. The van der Waals surface area contributed by atoms with Crippen LogP contribution < -0.4 is 4.72 Å². The van der Waals surface area contributed by atoms with Crippen molar-refractivity contribution in [2.24, 2.45) is 0 Å². The summed E-state index contributed by atoms with van der Waals surface area (Å²) < 4.78 is 2.94. The normalized spacial score (nSPS) is 9.92. The summed E-state index contributed by atoms with van der Waals surface area (Å²) in [5, 5.41) is 8.52. The summed E-state index contributed by atoms with van der Waals surface area (Å²) in [5.74, 6) is -0.797. The maximum atomic E-state index is 10.4. The molecule has 3 nitrogen and oxygen atoms in total. The summed E-state index contributed by atoms with van der Waals surface area (Å²) in [6.07, 6.45) is 0.0878. The van der Waals surface area contributed by atoms with Gasteiger partial charge in [-0.05, 0) is 36.7 Å². The Kier molecular flexibility index (Phi) is 3.79. The number of carbonyl (C=O) groups is 1. The van der Waals surface area contributed by atoms with Crippen LogP contribution in [0.5, 0.6) is 0 Å². The summed E-state index contributed by atoms with van der Waals surface area (Å²) in [5.41, 5.74) is 0.827. The Morgan fingerprint density at radius 3 is 2.54 bits per heavy atom. The van der Waals surface area contributed by atoms with Gasteiger partial charge in [0.05, 0.1) is 6.42 Å². The van der Waals surface area contributed by atoms with Crippen LogP contribution in [0.25, 0.3) is 0 Å². The zero-order valence-electron chi connectivity index (χ0n) is 7.28. The molecule has 0 unspecified atom stereocenters. The van der Waals surface area contributed by atoms with E-state index in [2.05, 4.69) is 4.72 Å². The average molecular weight is 197 g/mol. The standard InChI is InChI=1S/C9H11NO2S/c1-10-13-8-4-2-7(3-5-8)6-9(11)12/h2-5,10H,6H2,1H3,(H,11,12). The first-order valence-corrected chi connectivity index (χ1v) is 4.68. The van der Waals surface area contributed by atoms with E-state index < -0.39 is 5.97 Å². The number of rotatable bonds is 4. The first kappa shape index (κ1) is 10.1. The number of nitrogens with one attached hydrogen (secondary N) is 1. The van der Waals surface area contributed by atoms with E-state index in [1.54, 1.807) is 0 Å². The molecule has 0 heterocycles. The van der Waals surface area contributed by atoms with E-state index in [0.29, 0.717) is 0 Å². The second-order valence-corrected chi connectivity index (χ2v) is 3.60. The number of carboxylic acid groups (broad SMARTS) is 1. The molecular formula is C9H11NO2S. The lowest BCUT2D eigenvalue weighted by atomic mass is 10.2. The van der Waals surface area contributed by atoms with Gasteiger partial charge >= 0.3 is 5.97 Å². The van der Waals surface area contributed by atoms with Gasteiger partial charge in [-0.15, -0.1) is 0 Å². The molecule has 1 aromatic rings. The second-order valence-electron chi connectivity index (χ2n) is 2.52. The molecular weight excluding hydrogens is 186 g/mol. The summed E-state index contributed by atoms with van der Waals surface area (Å²) in [4.78, 5) is 11.4. The van der Waals surface area contributed by atoms with Crippen molar-refractivity contribution >= 4 is 17.9 Å². The third kappa shape index (κ3) is 3.48. The van der Waals surface area contributed by atoms with Crippen LogP contribution in [-0.4, -0.2) is 18.1 Å². The summed E-state index contributed by atoms with van der Waals surface area (Å²) >= 11 is 1.51. The fourth-order valence-electron chi connectivity index (χ4n) is 0.968. The largest absolute Gasteiger partial charge is 0.481 e. The van der Waals surface area contributed by atoms with Gasteiger partial charge in [-0.1, -0.05) is 12.1 Å². The summed E-state index contributed by atoms with van der Waals surface area (Å²) in [6, 6.07) is 7.46. The molecule has 1 rings (SSSR count). The van der Waals surface area contributed by atoms with Gasteiger partial charge in [0, 0.05) is 4.90 Å². The quantitative estimate of drug-likeness (QED) is 0.719. The Labute approximate surface area is 81.3 Å². The van der Waals surface area contributed by atoms with Crippen LogP contribution >= 0.6 is 11.9 Å². The van der Waals surface area contributed by atoms with Crippen molar-refractivity contribution < 1.29 is 9.90 Å². The van der Waals surface area contributed by atoms with Crippen LogP contribution in [0.4, 0.5) is 0 Å². The van der Waals surface area contributed by atoms with E-state index in [4.69, 9.17) is 5.11 Å². The van der Waals surface area contributed by atoms with Gasteiger partial charge in [-0.2, -0.15) is 0 Å². The van der Waals surface area contributed by atoms with E-state index >= 15 is 0 Å². The average Bonchev–Trinajstić information content (AvgIpc) is 2.08. The molecule has 1 aromatic carbocycles. The molecule has 0 aromatic heterocycles. The molecule has 0 aliphatic carbocycles. The Bertz CT molecular complexity index is 284. The predicted molar refractivity (Wildman–Crippen MR) is 52.7 cm³/mol. The second kappa shape index (κ2) is 4.89. The molecule has 0 saturated heterocycles. The minimum Gasteiger partial charge on any atom is -0.481 e. The van der Waals surface area contributed by atoms with Gasteiger partial charge in [0.25, 0.3) is 0 Å². The van der Waals surface area contributed by atoms with Gasteiger partial charge in [0.2, 0.25) is 0 Å². The lowest BCUT2D eigenvalue weighted by Crippen LogP contribution is -1.99. The Morgan fingerprint density at radius 2 is 2.08 bits per heavy atom. The number of hydrogen-bond acceptors (Lipinski definition) is 3. The maximum Gasteiger partial charge on any atom is 0.307 e. The number of benzene rings is 1. The highest BCUT2D eigenvalue weighted by Crippen LogP contribution is 2.14. The van der Waals surface area contributed by atoms with E-state index in [-0.39, 0.29) is 6.42 Å². The Morgan fingerprint density at radius 1 is 1.46 bits per heavy atom. The molecule has 0 aliphatic rings. The third-order valence-electron chi connectivity index (χ3n) is 1.50. The van der Waals surface area contributed by atoms with E-state index in [9.17, 15) is 4.79 Å². The fourth-order valence-corrected chi connectivity index (χ4v) is 1.48. The molecule has 0 atom stereocenters. The van der Waals surface area contributed by atoms with Crippen LogP contribution in [0.15, 0.2) is 29.2 Å². The highest BCUT2D eigenvalue weighted by atomic mass is 32.2. The van der Waals surface area contributed by atoms with E-state index in [1.807, 2.05) is 31.3 Å². The van der Waals surface area contributed by atoms with E-state index in [1.165, 1.54) is 11.9 Å². The van der Waals surface area contributed by atoms with Crippen molar-refractivity contribution in [1.29, 1.82) is 0 Å². The highest BCUT2D eigenvalue weighted by molar-refractivity contribution is 7.97. The summed E-state index contributed by atoms with van der Waals surface area (Å²) in [6.45, 7) is 0. The van der Waals surface area contributed by atoms with Crippen molar-refractivity contribution in [3.8, 4) is 0 Å². The molecule has 13 heavy (non-hydrogen) atoms. The zero-order valence-corrected chi connectivity index (χ0v) is 8.10. The molecule has 0 radical (unpaired) electrons. The molecule has 0 fully saturated rings. The first-order chi connectivity index (χ1) is 6.22. The predicted octanol–water partition coefficient (Wildman–Crippen LogP) is 1.54. The minimum absolute atomic E-state index is 0.0878. The van der Waals surface area contributed by atoms with Crippen LogP contribution in [-0.2, 0) is 11.2 Å². The van der Waals surface area contributed by atoms with Crippen molar-refractivity contribution in [3.05, 3.63) is 29.8 Å². The van der Waals surface area contributed by atoms with Crippen molar-refractivity contribution in [2.45, 2.75) is 11.3 Å². The van der Waals surface area contributed by atoms with Crippen molar-refractivity contribution in [1.82, 2.24) is 4.72 Å². The first-order valence-electron chi connectivity index (χ1n) is 3.86. The lowest BCUT2D eigenvalue weighted by Gasteiger charge is -2.00. The van der Waals surface area contributed by atoms with Crippen LogP contribution in [0.3, 0.4) is 0 Å². The maximum absolute atomic E-state index is 10.4. The van der Waals surface area contributed by atoms with E-state index in [0.717, 1.165) is 10.5 Å². The molecule has 0 aliphatic heterocycles. The number of hydrogen-bond donors (Lipinski definition) is 2. The molecule has 4 heteroatoms. The molecule has 0 saturated carbocycles. The Balaban J connectivity index is 2.64. The zero-order chi connectivity index (χ0) is 9.68. The molecule has 0 amide bonds. The van der Waals surface area contributed by atoms with Crippen LogP contribution in [0, 0.1) is 0 Å². The number of aliphatic carboxylic acids is 1. The van der Waals surface area contributed by atoms with Crippen LogP contribution in [0.2, 0.25) is 0 Å². The highest BCUT2D eigenvalue weighted by Gasteiger charge is 1.99. The SMILES string of the molecule is CNSc1ccc(CC(=O)O)cc1. The monoisotopic (exact) mass is 197 g/mol. The summed E-state index contributed by atoms with van der Waals surface area (Å²) in [7, 11) is 1.84. The van der Waals surface area contributed by atoms with Crippen LogP contribution in [0.1, 0.15) is 5.56 Å². The Hall–Kier alpha value is -1.00. The molecule has 0 spiro atoms. The van der Waals surface area contributed by atoms with Gasteiger partial charge in [0.1, 0.15) is 0 Å². The lowest BCUT2D eigenvalue weighted by molar-refractivity contribution is -0.136. The topological polar surface area (TPSA) is 49.3 Å². The van der Waals surface area contributed by atoms with Crippen molar-refractivity contribution in [2.75, 3.05) is 7.05 Å². The number of carboxylic acids is 1. The fraction of sp³-hybridized carbons (Fsp3) is 0.222. The molecule has 2 N–H and O–H groups in total. The van der Waals surface area contributed by atoms with Gasteiger partial charge in [-0.25, -0.2) is 0 Å². The minimum atomic E-state index is -0.797. The van der Waals surface area contributed by atoms with Crippen molar-refractivity contribution in [3.63, 3.8) is 0 Å². The molecule has 70 valence electrons. The third-order valence-corrected chi connectivity index (χ3v) is 2.21. The van der Waals surface area contributed by atoms with Gasteiger partial charge in [0.15, 0.2) is 0 Å². The van der Waals surface area contributed by atoms with Gasteiger partial charge < -0.3 is 5.11 Å². The molecule has 0 bridgehead atoms.